The molecule has 0 radical (unpaired) electrons. The monoisotopic (exact) mass is 1390 g/mol. The van der Waals surface area contributed by atoms with Crippen LogP contribution in [0, 0.1) is 23.2 Å². The number of benzene rings is 2. The molecule has 4 aliphatic rings. The summed E-state index contributed by atoms with van der Waals surface area (Å²) in [5.41, 5.74) is 4.43. The van der Waals surface area contributed by atoms with Crippen molar-refractivity contribution in [2.24, 2.45) is 28.9 Å². The number of allylic oxidation sites excluding steroid dienone is 3. The number of urea groups is 1. The number of amides is 11. The number of rotatable bonds is 26. The molecule has 29 heteroatoms. The predicted molar refractivity (Wildman–Crippen MR) is 362 cm³/mol. The minimum Gasteiger partial charge on any atom is -0.495 e. The first-order chi connectivity index (χ1) is 46.0. The average Bonchev–Trinajstić information content (AvgIpc) is 1.57. The highest BCUT2D eigenvalue weighted by atomic mass is 35.5. The zero-order valence-corrected chi connectivity index (χ0v) is 59.5. The smallest absolute Gasteiger partial charge is 0.409 e. The Morgan fingerprint density at radius 3 is 2.26 bits per heavy atom. The van der Waals surface area contributed by atoms with Gasteiger partial charge in [-0.05, 0) is 99.6 Å². The number of unbranched alkanes of at least 4 members (excludes halogenated alkanes) is 2. The van der Waals surface area contributed by atoms with Gasteiger partial charge in [0.25, 0.3) is 0 Å². The first-order valence-electron chi connectivity index (χ1n) is 33.1. The SMILES string of the molecule is COc1cc2cc(c1Cl)N(C)C(=O)C[C@H](OC(=O)[C@H](C)N(C)C(=O)CCN(C)C(=O)OCc1ccc(NC(=O)[C@H](CCCNC(N)=O)NC(=O)[C@@H](NC(=O)CCCCCN3C(=O)CC(C(C)(C)C)C3=O)C(C)C)cc1)[C@]1(C)O[C@H]1[C@H](C)[C@@H]1C[C@@](O)(NC(=O)O1)[C@H](OC)/C=C/C=C(\C)C2. The van der Waals surface area contributed by atoms with E-state index in [4.69, 9.17) is 45.8 Å². The maximum atomic E-state index is 14.5. The second-order valence-electron chi connectivity index (χ2n) is 27.4. The fraction of sp³-hybridized carbons (Fsp3) is 0.609. The molecule has 11 amide bonds. The van der Waals surface area contributed by atoms with Gasteiger partial charge in [0, 0.05) is 85.2 Å². The van der Waals surface area contributed by atoms with Gasteiger partial charge in [-0.3, -0.25) is 43.8 Å². The highest BCUT2D eigenvalue weighted by molar-refractivity contribution is 6.35. The van der Waals surface area contributed by atoms with Crippen LogP contribution in [0.25, 0.3) is 0 Å². The molecule has 4 heterocycles. The molecule has 2 aromatic rings. The molecule has 1 unspecified atom stereocenters. The summed E-state index contributed by atoms with van der Waals surface area (Å²) in [6.07, 6.45) is 1.17. The minimum atomic E-state index is -1.91. The Labute approximate surface area is 578 Å². The fourth-order valence-electron chi connectivity index (χ4n) is 12.1. The number of carbonyl (C=O) groups is 11. The van der Waals surface area contributed by atoms with Crippen molar-refractivity contribution in [2.75, 3.05) is 65.2 Å². The number of fused-ring (bicyclic) bond motifs is 5. The van der Waals surface area contributed by atoms with Crippen LogP contribution < -0.4 is 42.0 Å². The van der Waals surface area contributed by atoms with E-state index < -0.39 is 114 Å². The first kappa shape index (κ1) is 78.7. The molecule has 4 aliphatic heterocycles. The molecule has 3 fully saturated rings. The number of epoxide rings is 1. The molecule has 8 N–H and O–H groups in total. The van der Waals surface area contributed by atoms with Crippen LogP contribution in [0.2, 0.25) is 5.02 Å². The van der Waals surface area contributed by atoms with Crippen LogP contribution >= 0.6 is 11.6 Å². The quantitative estimate of drug-likeness (QED) is 0.0182. The maximum Gasteiger partial charge on any atom is 0.409 e. The van der Waals surface area contributed by atoms with Crippen LogP contribution in [-0.4, -0.2) is 194 Å². The number of halogens is 1. The van der Waals surface area contributed by atoms with Gasteiger partial charge in [0.15, 0.2) is 5.72 Å². The number of ether oxygens (including phenoxy) is 6. The number of aliphatic hydroxyl groups is 1. The lowest BCUT2D eigenvalue weighted by Crippen LogP contribution is -2.63. The summed E-state index contributed by atoms with van der Waals surface area (Å²) in [4.78, 5) is 151. The second kappa shape index (κ2) is 34.4. The van der Waals surface area contributed by atoms with Gasteiger partial charge < -0.3 is 75.2 Å². The standard InChI is InChI=1S/C69H99ClN10O18/c1-39(2)58(75-53(81)23-16-15-17-30-80-56(84)35-46(62(80)87)67(6,7)8)61(86)74-47(21-19-29-72-64(71)89)60(85)73-45-26-24-43(25-27-45)38-95-66(91)77(10)31-28-54(82)78(11)42(5)63(88)97-52-36-55(83)79(12)48-33-44(34-49(93-13)57(48)70)32-40(3)20-18-22-51(94-14)69(92)37-50(96-65(90)76-69)41(4)59-68(52,9)98-59/h18,20,22,24-27,33-34,39,41-42,46-47,50-52,58-59,92H,15-17,19,21,23,28-32,35-38H2,1-14H3,(H,73,85)(H,74,86)(H,75,81)(H,76,90)(H3,71,72,89)/b22-18+,40-20+/t41-,42+,46?,47+,50+,51-,52+,58+,59+,68+,69+/m1/s1. The minimum absolute atomic E-state index is 0.0790. The second-order valence-corrected chi connectivity index (χ2v) is 27.8. The number of hydrogen-bond acceptors (Lipinski definition) is 18. The van der Waals surface area contributed by atoms with E-state index in [0.717, 1.165) is 16.0 Å². The number of nitrogens with one attached hydrogen (secondary N) is 5. The number of carbonyl (C=O) groups excluding carboxylic acids is 11. The molecule has 6 rings (SSSR count). The van der Waals surface area contributed by atoms with Crippen LogP contribution in [0.4, 0.5) is 25.8 Å². The van der Waals surface area contributed by atoms with E-state index in [9.17, 15) is 57.8 Å². The molecular weight excluding hydrogens is 1290 g/mol. The van der Waals surface area contributed by atoms with E-state index in [1.165, 1.54) is 57.0 Å². The Morgan fingerprint density at radius 2 is 1.62 bits per heavy atom. The molecule has 0 spiro atoms. The Hall–Kier alpha value is -8.34. The highest BCUT2D eigenvalue weighted by Crippen LogP contribution is 2.49. The fourth-order valence-corrected chi connectivity index (χ4v) is 12.4. The lowest BCUT2D eigenvalue weighted by atomic mass is 9.80. The number of likely N-dealkylation sites (N-methyl/N-ethyl adjacent to an activating group) is 1. The van der Waals surface area contributed by atoms with Crippen molar-refractivity contribution in [3.05, 3.63) is 76.3 Å². The molecule has 0 aromatic heterocycles. The highest BCUT2D eigenvalue weighted by Gasteiger charge is 2.64. The van der Waals surface area contributed by atoms with Gasteiger partial charge in [-0.15, -0.1) is 0 Å². The average molecular weight is 1390 g/mol. The predicted octanol–water partition coefficient (Wildman–Crippen LogP) is 6.17. The number of imide groups is 1. The van der Waals surface area contributed by atoms with Crippen LogP contribution in [0.3, 0.4) is 0 Å². The number of esters is 1. The van der Waals surface area contributed by atoms with Crippen molar-refractivity contribution in [2.45, 2.75) is 193 Å². The summed E-state index contributed by atoms with van der Waals surface area (Å²) >= 11 is 6.84. The van der Waals surface area contributed by atoms with E-state index in [-0.39, 0.29) is 105 Å². The van der Waals surface area contributed by atoms with Crippen LogP contribution in [-0.2, 0) is 75.1 Å². The van der Waals surface area contributed by atoms with Crippen molar-refractivity contribution >= 4 is 88.5 Å². The molecule has 3 saturated heterocycles. The summed E-state index contributed by atoms with van der Waals surface area (Å²) in [5.74, 6) is -4.98. The van der Waals surface area contributed by atoms with Crippen molar-refractivity contribution < 1.29 is 86.3 Å². The van der Waals surface area contributed by atoms with Crippen molar-refractivity contribution in [1.82, 2.24) is 36.0 Å². The topological polar surface area (TPSA) is 366 Å². The largest absolute Gasteiger partial charge is 0.495 e. The van der Waals surface area contributed by atoms with Crippen LogP contribution in [0.15, 0.2) is 60.2 Å². The Morgan fingerprint density at radius 1 is 0.929 bits per heavy atom. The molecule has 2 aromatic carbocycles. The zero-order valence-electron chi connectivity index (χ0n) is 58.7. The number of likely N-dealkylation sites (tertiary alicyclic amines) is 1. The molecule has 28 nitrogen and oxygen atoms in total. The third-order valence-electron chi connectivity index (χ3n) is 18.5. The maximum absolute atomic E-state index is 14.5. The first-order valence-corrected chi connectivity index (χ1v) is 33.5. The molecule has 4 bridgehead atoms. The third-order valence-corrected chi connectivity index (χ3v) is 18.9. The summed E-state index contributed by atoms with van der Waals surface area (Å²) in [7, 11) is 7.20. The normalized spacial score (nSPS) is 24.4. The van der Waals surface area contributed by atoms with E-state index in [0.29, 0.717) is 48.4 Å². The van der Waals surface area contributed by atoms with Gasteiger partial charge in [0.1, 0.15) is 59.4 Å². The van der Waals surface area contributed by atoms with Crippen LogP contribution in [0.1, 0.15) is 138 Å². The van der Waals surface area contributed by atoms with Crippen molar-refractivity contribution in [1.29, 1.82) is 0 Å². The number of alkyl carbamates (subject to hydrolysis) is 1. The summed E-state index contributed by atoms with van der Waals surface area (Å²) in [6, 6.07) is 5.72. The van der Waals surface area contributed by atoms with Crippen molar-refractivity contribution in [3.63, 3.8) is 0 Å². The molecule has 0 aliphatic carbocycles. The third kappa shape index (κ3) is 20.9. The van der Waals surface area contributed by atoms with Gasteiger partial charge >= 0.3 is 24.2 Å². The lowest BCUT2D eigenvalue weighted by Gasteiger charge is -2.42. The summed E-state index contributed by atoms with van der Waals surface area (Å²) in [6.45, 7) is 16.1. The van der Waals surface area contributed by atoms with E-state index in [1.807, 2.05) is 33.8 Å². The summed E-state index contributed by atoms with van der Waals surface area (Å²) < 4.78 is 35.0. The number of primary amides is 1. The van der Waals surface area contributed by atoms with Crippen LogP contribution in [0.5, 0.6) is 5.75 Å². The van der Waals surface area contributed by atoms with Gasteiger partial charge in [-0.25, -0.2) is 19.2 Å². The number of methoxy groups -OCH3 is 2. The van der Waals surface area contributed by atoms with Gasteiger partial charge in [0.2, 0.25) is 41.4 Å². The number of nitrogens with two attached hydrogens (primary N) is 1. The van der Waals surface area contributed by atoms with Gasteiger partial charge in [-0.1, -0.05) is 95.5 Å². The number of nitrogens with zero attached hydrogens (tertiary/aromatic N) is 4. The lowest BCUT2D eigenvalue weighted by molar-refractivity contribution is -0.162. The Bertz CT molecular complexity index is 3320. The van der Waals surface area contributed by atoms with Gasteiger partial charge in [0.05, 0.1) is 31.2 Å². The van der Waals surface area contributed by atoms with Gasteiger partial charge in [-0.2, -0.15) is 0 Å². The Balaban J connectivity index is 1.02. The van der Waals surface area contributed by atoms with E-state index in [1.54, 1.807) is 76.2 Å². The molecular formula is C69H99ClN10O18. The molecule has 0 saturated carbocycles. The number of hydrogen-bond donors (Lipinski definition) is 7. The summed E-state index contributed by atoms with van der Waals surface area (Å²) in [5, 5.41) is 25.4. The van der Waals surface area contributed by atoms with Crippen molar-refractivity contribution in [3.8, 4) is 5.75 Å². The number of anilines is 2. The molecule has 11 atom stereocenters. The molecule has 540 valence electrons. The zero-order chi connectivity index (χ0) is 72.7. The molecule has 98 heavy (non-hydrogen) atoms. The van der Waals surface area contributed by atoms with E-state index in [2.05, 4.69) is 26.6 Å². The Kier molecular flexibility index (Phi) is 27.6. The van der Waals surface area contributed by atoms with E-state index >= 15 is 0 Å².